The van der Waals surface area contributed by atoms with Gasteiger partial charge in [0.2, 0.25) is 0 Å². The number of H-pyrrole nitrogens is 1. The number of Topliss-reactive ketones (excluding diaryl/α,β-unsaturated/α-hetero) is 1. The summed E-state index contributed by atoms with van der Waals surface area (Å²) in [5, 5.41) is 3.51. The molecule has 4 nitrogen and oxygen atoms in total. The molecule has 0 saturated carbocycles. The number of fused-ring (bicyclic) bond motifs is 1. The van der Waals surface area contributed by atoms with Gasteiger partial charge < -0.3 is 10.3 Å². The van der Waals surface area contributed by atoms with Crippen LogP contribution in [0.15, 0.2) is 30.5 Å². The van der Waals surface area contributed by atoms with Gasteiger partial charge in [-0.2, -0.15) is 0 Å². The van der Waals surface area contributed by atoms with Crippen molar-refractivity contribution in [2.75, 3.05) is 0 Å². The second-order valence-electron chi connectivity index (χ2n) is 5.08. The Hall–Kier alpha value is -2.10. The molecule has 2 aromatic rings. The fourth-order valence-corrected chi connectivity index (χ4v) is 1.82. The van der Waals surface area contributed by atoms with Gasteiger partial charge in [-0.25, -0.2) is 0 Å². The molecule has 4 heteroatoms. The number of hydrogen-bond acceptors (Lipinski definition) is 2. The van der Waals surface area contributed by atoms with Gasteiger partial charge in [0.25, 0.3) is 11.7 Å². The van der Waals surface area contributed by atoms with Gasteiger partial charge >= 0.3 is 0 Å². The predicted molar refractivity (Wildman–Crippen MR) is 75.1 cm³/mol. The Bertz CT molecular complexity index is 613. The van der Waals surface area contributed by atoms with Crippen LogP contribution in [-0.2, 0) is 4.79 Å². The van der Waals surface area contributed by atoms with Crippen molar-refractivity contribution in [1.82, 2.24) is 10.3 Å². The summed E-state index contributed by atoms with van der Waals surface area (Å²) in [4.78, 5) is 27.1. The molecule has 1 aromatic heterocycles. The maximum absolute atomic E-state index is 12.1. The monoisotopic (exact) mass is 258 g/mol. The van der Waals surface area contributed by atoms with Crippen molar-refractivity contribution in [3.05, 3.63) is 36.0 Å². The first-order valence-electron chi connectivity index (χ1n) is 6.42. The van der Waals surface area contributed by atoms with Gasteiger partial charge in [0.1, 0.15) is 0 Å². The third-order valence-corrected chi connectivity index (χ3v) is 3.40. The van der Waals surface area contributed by atoms with Crippen LogP contribution in [-0.4, -0.2) is 22.7 Å². The summed E-state index contributed by atoms with van der Waals surface area (Å²) >= 11 is 0. The van der Waals surface area contributed by atoms with E-state index in [1.165, 1.54) is 0 Å². The molecule has 1 aromatic carbocycles. The summed E-state index contributed by atoms with van der Waals surface area (Å²) in [5.41, 5.74) is 1.28. The second-order valence-corrected chi connectivity index (χ2v) is 5.08. The Morgan fingerprint density at radius 3 is 2.53 bits per heavy atom. The number of aromatic nitrogens is 1. The third kappa shape index (κ3) is 2.67. The standard InChI is InChI=1S/C15H18N2O2/c1-9(2)10(3)17-15(19)14(18)12-8-16-13-7-5-4-6-11(12)13/h4-10,16H,1-3H3,(H,17,19). The lowest BCUT2D eigenvalue weighted by molar-refractivity contribution is -0.117. The van der Waals surface area contributed by atoms with Gasteiger partial charge in [0.05, 0.1) is 5.56 Å². The van der Waals surface area contributed by atoms with E-state index in [1.807, 2.05) is 45.0 Å². The molecule has 0 radical (unpaired) electrons. The van der Waals surface area contributed by atoms with Crippen LogP contribution in [0.5, 0.6) is 0 Å². The van der Waals surface area contributed by atoms with Crippen LogP contribution in [0.2, 0.25) is 0 Å². The zero-order chi connectivity index (χ0) is 14.0. The highest BCUT2D eigenvalue weighted by atomic mass is 16.2. The average Bonchev–Trinajstić information content (AvgIpc) is 2.81. The first-order chi connectivity index (χ1) is 9.00. The van der Waals surface area contributed by atoms with Crippen LogP contribution in [0, 0.1) is 5.92 Å². The van der Waals surface area contributed by atoms with Gasteiger partial charge in [-0.15, -0.1) is 0 Å². The molecule has 0 aliphatic carbocycles. The van der Waals surface area contributed by atoms with Crippen molar-refractivity contribution in [3.63, 3.8) is 0 Å². The summed E-state index contributed by atoms with van der Waals surface area (Å²) in [7, 11) is 0. The molecule has 100 valence electrons. The lowest BCUT2D eigenvalue weighted by Gasteiger charge is -2.16. The molecule has 0 aliphatic heterocycles. The van der Waals surface area contributed by atoms with E-state index >= 15 is 0 Å². The van der Waals surface area contributed by atoms with Crippen molar-refractivity contribution in [3.8, 4) is 0 Å². The molecule has 0 saturated heterocycles. The van der Waals surface area contributed by atoms with Crippen molar-refractivity contribution in [2.24, 2.45) is 5.92 Å². The number of aromatic amines is 1. The largest absolute Gasteiger partial charge is 0.360 e. The zero-order valence-electron chi connectivity index (χ0n) is 11.4. The summed E-state index contributed by atoms with van der Waals surface area (Å²) in [5.74, 6) is -0.754. The van der Waals surface area contributed by atoms with E-state index in [0.717, 1.165) is 10.9 Å². The first-order valence-corrected chi connectivity index (χ1v) is 6.42. The molecule has 1 amide bonds. The van der Waals surface area contributed by atoms with Gasteiger partial charge in [-0.05, 0) is 18.9 Å². The lowest BCUT2D eigenvalue weighted by Crippen LogP contribution is -2.40. The number of carbonyl (C=O) groups excluding carboxylic acids is 2. The molecule has 1 atom stereocenters. The number of carbonyl (C=O) groups is 2. The van der Waals surface area contributed by atoms with Gasteiger partial charge in [-0.3, -0.25) is 9.59 Å². The van der Waals surface area contributed by atoms with Gasteiger partial charge in [0.15, 0.2) is 0 Å². The average molecular weight is 258 g/mol. The van der Waals surface area contributed by atoms with Gasteiger partial charge in [0, 0.05) is 23.1 Å². The van der Waals surface area contributed by atoms with Crippen LogP contribution < -0.4 is 5.32 Å². The Labute approximate surface area is 112 Å². The quantitative estimate of drug-likeness (QED) is 0.654. The number of para-hydroxylation sites is 1. The molecule has 1 heterocycles. The molecule has 2 N–H and O–H groups in total. The van der Waals surface area contributed by atoms with Crippen LogP contribution >= 0.6 is 0 Å². The van der Waals surface area contributed by atoms with E-state index in [9.17, 15) is 9.59 Å². The number of ketones is 1. The number of amides is 1. The Balaban J connectivity index is 2.22. The molecule has 19 heavy (non-hydrogen) atoms. The first kappa shape index (κ1) is 13.3. The minimum atomic E-state index is -0.550. The van der Waals surface area contributed by atoms with Crippen LogP contribution in [0.25, 0.3) is 10.9 Å². The van der Waals surface area contributed by atoms with Crippen LogP contribution in [0.4, 0.5) is 0 Å². The van der Waals surface area contributed by atoms with E-state index in [2.05, 4.69) is 10.3 Å². The van der Waals surface area contributed by atoms with Crippen molar-refractivity contribution in [1.29, 1.82) is 0 Å². The maximum Gasteiger partial charge on any atom is 0.292 e. The lowest BCUT2D eigenvalue weighted by atomic mass is 10.1. The summed E-state index contributed by atoms with van der Waals surface area (Å²) in [6.45, 7) is 5.90. The maximum atomic E-state index is 12.1. The van der Waals surface area contributed by atoms with E-state index in [1.54, 1.807) is 6.20 Å². The molecule has 1 unspecified atom stereocenters. The number of benzene rings is 1. The fourth-order valence-electron chi connectivity index (χ4n) is 1.82. The summed E-state index contributed by atoms with van der Waals surface area (Å²) < 4.78 is 0. The Morgan fingerprint density at radius 1 is 1.16 bits per heavy atom. The normalized spacial score (nSPS) is 12.6. The molecular weight excluding hydrogens is 240 g/mol. The second kappa shape index (κ2) is 5.26. The van der Waals surface area contributed by atoms with E-state index in [-0.39, 0.29) is 6.04 Å². The van der Waals surface area contributed by atoms with Crippen LogP contribution in [0.3, 0.4) is 0 Å². The van der Waals surface area contributed by atoms with E-state index in [4.69, 9.17) is 0 Å². The van der Waals surface area contributed by atoms with E-state index in [0.29, 0.717) is 11.5 Å². The van der Waals surface area contributed by atoms with Crippen LogP contribution in [0.1, 0.15) is 31.1 Å². The summed E-state index contributed by atoms with van der Waals surface area (Å²) in [6, 6.07) is 7.41. The molecule has 0 bridgehead atoms. The zero-order valence-corrected chi connectivity index (χ0v) is 11.4. The Kier molecular flexibility index (Phi) is 3.69. The highest BCUT2D eigenvalue weighted by Crippen LogP contribution is 2.18. The third-order valence-electron chi connectivity index (χ3n) is 3.40. The number of hydrogen-bond donors (Lipinski definition) is 2. The fraction of sp³-hybridized carbons (Fsp3) is 0.333. The Morgan fingerprint density at radius 2 is 1.84 bits per heavy atom. The predicted octanol–water partition coefficient (Wildman–Crippen LogP) is 2.51. The van der Waals surface area contributed by atoms with Crippen molar-refractivity contribution in [2.45, 2.75) is 26.8 Å². The number of rotatable bonds is 4. The van der Waals surface area contributed by atoms with Crippen molar-refractivity contribution < 1.29 is 9.59 Å². The number of nitrogens with one attached hydrogen (secondary N) is 2. The highest BCUT2D eigenvalue weighted by Gasteiger charge is 2.21. The molecular formula is C15H18N2O2. The van der Waals surface area contributed by atoms with E-state index < -0.39 is 11.7 Å². The van der Waals surface area contributed by atoms with Gasteiger partial charge in [-0.1, -0.05) is 32.0 Å². The summed E-state index contributed by atoms with van der Waals surface area (Å²) in [6.07, 6.45) is 1.59. The molecule has 0 aliphatic rings. The van der Waals surface area contributed by atoms with Crippen molar-refractivity contribution >= 4 is 22.6 Å². The minimum Gasteiger partial charge on any atom is -0.360 e. The molecule has 0 spiro atoms. The molecule has 2 rings (SSSR count). The highest BCUT2D eigenvalue weighted by molar-refractivity contribution is 6.45. The SMILES string of the molecule is CC(C)C(C)NC(=O)C(=O)c1c[nH]c2ccccc12. The topological polar surface area (TPSA) is 62.0 Å². The molecule has 0 fully saturated rings. The minimum absolute atomic E-state index is 0.0262. The smallest absolute Gasteiger partial charge is 0.292 e.